The van der Waals surface area contributed by atoms with Gasteiger partial charge in [-0.15, -0.1) is 0 Å². The van der Waals surface area contributed by atoms with Crippen molar-refractivity contribution < 1.29 is 8.42 Å². The second-order valence-electron chi connectivity index (χ2n) is 7.20. The first-order chi connectivity index (χ1) is 12.4. The highest BCUT2D eigenvalue weighted by atomic mass is 32.2. The van der Waals surface area contributed by atoms with Gasteiger partial charge in [-0.05, 0) is 48.9 Å². The lowest BCUT2D eigenvalue weighted by molar-refractivity contribution is 0.461. The van der Waals surface area contributed by atoms with E-state index in [0.717, 1.165) is 31.4 Å². The predicted molar refractivity (Wildman–Crippen MR) is 103 cm³/mol. The van der Waals surface area contributed by atoms with E-state index < -0.39 is 10.0 Å². The Morgan fingerprint density at radius 1 is 1.19 bits per heavy atom. The van der Waals surface area contributed by atoms with Gasteiger partial charge in [0.25, 0.3) is 0 Å². The van der Waals surface area contributed by atoms with Crippen molar-refractivity contribution in [3.63, 3.8) is 0 Å². The van der Waals surface area contributed by atoms with E-state index in [1.807, 2.05) is 17.0 Å². The number of hydrogen-bond donors (Lipinski definition) is 1. The first kappa shape index (κ1) is 18.8. The molecule has 0 bridgehead atoms. The predicted octanol–water partition coefficient (Wildman–Crippen LogP) is 2.62. The van der Waals surface area contributed by atoms with E-state index in [9.17, 15) is 8.42 Å². The Morgan fingerprint density at radius 2 is 1.88 bits per heavy atom. The molecule has 1 saturated heterocycles. The number of aromatic nitrogens is 2. The summed E-state index contributed by atoms with van der Waals surface area (Å²) < 4.78 is 28.3. The van der Waals surface area contributed by atoms with Crippen LogP contribution < -0.4 is 9.62 Å². The lowest BCUT2D eigenvalue weighted by Crippen LogP contribution is -2.48. The van der Waals surface area contributed by atoms with E-state index in [1.54, 1.807) is 30.6 Å². The van der Waals surface area contributed by atoms with Crippen molar-refractivity contribution in [3.05, 3.63) is 48.3 Å². The summed E-state index contributed by atoms with van der Waals surface area (Å²) in [6.45, 7) is 5.72. The van der Waals surface area contributed by atoms with Crippen LogP contribution in [0.25, 0.3) is 0 Å². The van der Waals surface area contributed by atoms with Gasteiger partial charge in [0.15, 0.2) is 0 Å². The van der Waals surface area contributed by atoms with E-state index in [-0.39, 0.29) is 6.04 Å². The van der Waals surface area contributed by atoms with Crippen LogP contribution in [0, 0.1) is 5.92 Å². The van der Waals surface area contributed by atoms with Crippen molar-refractivity contribution in [3.8, 4) is 0 Å². The van der Waals surface area contributed by atoms with Crippen LogP contribution in [-0.4, -0.2) is 37.5 Å². The van der Waals surface area contributed by atoms with Gasteiger partial charge in [0, 0.05) is 31.5 Å². The number of rotatable bonds is 6. The topological polar surface area (TPSA) is 75.2 Å². The van der Waals surface area contributed by atoms with Crippen molar-refractivity contribution in [1.29, 1.82) is 0 Å². The number of sulfonamides is 1. The first-order valence-corrected chi connectivity index (χ1v) is 10.6. The van der Waals surface area contributed by atoms with Gasteiger partial charge in [0.1, 0.15) is 0 Å². The van der Waals surface area contributed by atoms with Crippen LogP contribution in [0.1, 0.15) is 32.3 Å². The summed E-state index contributed by atoms with van der Waals surface area (Å²) in [4.78, 5) is 10.9. The summed E-state index contributed by atoms with van der Waals surface area (Å²) in [5, 5.41) is 0. The van der Waals surface area contributed by atoms with E-state index in [4.69, 9.17) is 0 Å². The molecule has 1 N–H and O–H groups in total. The van der Waals surface area contributed by atoms with Crippen LogP contribution in [0.15, 0.2) is 47.6 Å². The van der Waals surface area contributed by atoms with Crippen LogP contribution in [-0.2, 0) is 16.4 Å². The van der Waals surface area contributed by atoms with Gasteiger partial charge in [-0.2, -0.15) is 0 Å². The number of benzene rings is 1. The Balaban J connectivity index is 1.67. The third-order valence-electron chi connectivity index (χ3n) is 4.46. The first-order valence-electron chi connectivity index (χ1n) is 9.07. The van der Waals surface area contributed by atoms with Crippen molar-refractivity contribution in [1.82, 2.24) is 14.7 Å². The summed E-state index contributed by atoms with van der Waals surface area (Å²) in [5.74, 6) is 1.19. The fourth-order valence-electron chi connectivity index (χ4n) is 3.27. The zero-order valence-electron chi connectivity index (χ0n) is 15.3. The van der Waals surface area contributed by atoms with Gasteiger partial charge in [0.2, 0.25) is 16.0 Å². The van der Waals surface area contributed by atoms with Gasteiger partial charge in [-0.25, -0.2) is 23.1 Å². The largest absolute Gasteiger partial charge is 0.339 e. The Hall–Kier alpha value is -1.99. The molecule has 1 aromatic heterocycles. The highest BCUT2D eigenvalue weighted by Gasteiger charge is 2.26. The molecule has 2 aromatic rings. The molecule has 6 nitrogen and oxygen atoms in total. The molecule has 1 aromatic carbocycles. The Morgan fingerprint density at radius 3 is 2.54 bits per heavy atom. The van der Waals surface area contributed by atoms with Crippen molar-refractivity contribution in [2.24, 2.45) is 5.92 Å². The minimum Gasteiger partial charge on any atom is -0.339 e. The number of piperidine rings is 1. The standard InChI is InChI=1S/C19H26N4O2S/c1-15(2)13-16-6-8-18(9-7-16)26(24,25)22-17-5-3-12-23(14-17)19-20-10-4-11-21-19/h4,6-11,15,17,22H,3,5,12-14H2,1-2H3. The van der Waals surface area contributed by atoms with Gasteiger partial charge >= 0.3 is 0 Å². The van der Waals surface area contributed by atoms with Crippen molar-refractivity contribution in [2.45, 2.75) is 44.0 Å². The highest BCUT2D eigenvalue weighted by molar-refractivity contribution is 7.89. The average molecular weight is 375 g/mol. The molecular formula is C19H26N4O2S. The Kier molecular flexibility index (Phi) is 5.88. The maximum Gasteiger partial charge on any atom is 0.240 e. The molecule has 1 atom stereocenters. The molecule has 0 aliphatic carbocycles. The van der Waals surface area contributed by atoms with Gasteiger partial charge in [-0.3, -0.25) is 0 Å². The summed E-state index contributed by atoms with van der Waals surface area (Å²) >= 11 is 0. The number of nitrogens with zero attached hydrogens (tertiary/aromatic N) is 3. The van der Waals surface area contributed by atoms with Crippen LogP contribution >= 0.6 is 0 Å². The molecule has 0 radical (unpaired) electrons. The SMILES string of the molecule is CC(C)Cc1ccc(S(=O)(=O)NC2CCCN(c3ncccn3)C2)cc1. The number of nitrogens with one attached hydrogen (secondary N) is 1. The van der Waals surface area contributed by atoms with E-state index in [1.165, 1.54) is 0 Å². The van der Waals surface area contributed by atoms with E-state index in [0.29, 0.717) is 23.3 Å². The molecule has 1 aliphatic heterocycles. The molecule has 1 aliphatic rings. The molecule has 2 heterocycles. The Bertz CT molecular complexity index is 807. The second-order valence-corrected chi connectivity index (χ2v) is 8.91. The Labute approximate surface area is 155 Å². The summed E-state index contributed by atoms with van der Waals surface area (Å²) in [7, 11) is -3.53. The lowest BCUT2D eigenvalue weighted by atomic mass is 10.0. The molecule has 26 heavy (non-hydrogen) atoms. The quantitative estimate of drug-likeness (QED) is 0.841. The lowest BCUT2D eigenvalue weighted by Gasteiger charge is -2.32. The average Bonchev–Trinajstić information content (AvgIpc) is 2.62. The van der Waals surface area contributed by atoms with Crippen LogP contribution in [0.2, 0.25) is 0 Å². The maximum absolute atomic E-state index is 12.7. The van der Waals surface area contributed by atoms with Crippen LogP contribution in [0.5, 0.6) is 0 Å². The molecule has 0 saturated carbocycles. The minimum atomic E-state index is -3.53. The zero-order chi connectivity index (χ0) is 18.6. The summed E-state index contributed by atoms with van der Waals surface area (Å²) in [6, 6.07) is 8.82. The van der Waals surface area contributed by atoms with Gasteiger partial charge in [-0.1, -0.05) is 26.0 Å². The fraction of sp³-hybridized carbons (Fsp3) is 0.474. The normalized spacial score (nSPS) is 18.3. The molecule has 0 spiro atoms. The zero-order valence-corrected chi connectivity index (χ0v) is 16.1. The van der Waals surface area contributed by atoms with Crippen LogP contribution in [0.4, 0.5) is 5.95 Å². The molecule has 1 unspecified atom stereocenters. The van der Waals surface area contributed by atoms with Crippen molar-refractivity contribution in [2.75, 3.05) is 18.0 Å². The van der Waals surface area contributed by atoms with Crippen molar-refractivity contribution >= 4 is 16.0 Å². The summed E-state index contributed by atoms with van der Waals surface area (Å²) in [5.41, 5.74) is 1.16. The van der Waals surface area contributed by atoms with Gasteiger partial charge < -0.3 is 4.90 Å². The molecular weight excluding hydrogens is 348 g/mol. The van der Waals surface area contributed by atoms with Gasteiger partial charge in [0.05, 0.1) is 4.90 Å². The third kappa shape index (κ3) is 4.80. The molecule has 7 heteroatoms. The third-order valence-corrected chi connectivity index (χ3v) is 5.99. The van der Waals surface area contributed by atoms with Crippen LogP contribution in [0.3, 0.4) is 0 Å². The minimum absolute atomic E-state index is 0.145. The van der Waals surface area contributed by atoms with E-state index >= 15 is 0 Å². The molecule has 140 valence electrons. The molecule has 1 fully saturated rings. The second kappa shape index (κ2) is 8.14. The smallest absolute Gasteiger partial charge is 0.240 e. The molecule has 0 amide bonds. The van der Waals surface area contributed by atoms with E-state index in [2.05, 4.69) is 28.5 Å². The maximum atomic E-state index is 12.7. The number of hydrogen-bond acceptors (Lipinski definition) is 5. The highest BCUT2D eigenvalue weighted by Crippen LogP contribution is 2.18. The summed E-state index contributed by atoms with van der Waals surface area (Å²) in [6.07, 6.45) is 6.07. The number of anilines is 1. The molecule has 3 rings (SSSR count). The fourth-order valence-corrected chi connectivity index (χ4v) is 4.53. The monoisotopic (exact) mass is 374 g/mol.